The molecular weight excluding hydrogens is 157 g/mol. The molecule has 0 bridgehead atoms. The van der Waals surface area contributed by atoms with E-state index in [9.17, 15) is 4.39 Å². The van der Waals surface area contributed by atoms with Crippen LogP contribution in [0, 0.1) is 17.3 Å². The Morgan fingerprint density at radius 2 is 2.00 bits per heavy atom. The first-order valence-electron chi connectivity index (χ1n) is 3.22. The van der Waals surface area contributed by atoms with Gasteiger partial charge in [-0.1, -0.05) is 0 Å². The van der Waals surface area contributed by atoms with Crippen molar-refractivity contribution in [2.75, 3.05) is 0 Å². The standard InChI is InChI=1S/C8H6FN3/c9-7-3-1-6(2-4-7)8(11)12-5-10/h1-4H,(H2,11,12). The number of rotatable bonds is 1. The number of nitriles is 1. The quantitative estimate of drug-likeness (QED) is 0.381. The summed E-state index contributed by atoms with van der Waals surface area (Å²) in [6.07, 6.45) is 1.55. The fourth-order valence-electron chi connectivity index (χ4n) is 0.739. The van der Waals surface area contributed by atoms with Crippen LogP contribution in [0.4, 0.5) is 4.39 Å². The Labute approximate surface area is 69.0 Å². The van der Waals surface area contributed by atoms with Crippen molar-refractivity contribution in [3.8, 4) is 6.19 Å². The largest absolute Gasteiger partial charge is 0.383 e. The molecule has 4 heteroatoms. The third kappa shape index (κ3) is 1.80. The van der Waals surface area contributed by atoms with Crippen LogP contribution in [0.5, 0.6) is 0 Å². The zero-order valence-electron chi connectivity index (χ0n) is 6.16. The van der Waals surface area contributed by atoms with Gasteiger partial charge in [0.25, 0.3) is 0 Å². The Kier molecular flexibility index (Phi) is 2.38. The van der Waals surface area contributed by atoms with Crippen LogP contribution in [0.1, 0.15) is 5.56 Å². The molecule has 3 nitrogen and oxygen atoms in total. The smallest absolute Gasteiger partial charge is 0.207 e. The second kappa shape index (κ2) is 3.49. The minimum atomic E-state index is -0.344. The van der Waals surface area contributed by atoms with E-state index in [1.807, 2.05) is 0 Å². The van der Waals surface area contributed by atoms with E-state index in [4.69, 9.17) is 11.0 Å². The highest BCUT2D eigenvalue weighted by atomic mass is 19.1. The van der Waals surface area contributed by atoms with Crippen LogP contribution in [0.3, 0.4) is 0 Å². The molecule has 0 saturated heterocycles. The van der Waals surface area contributed by atoms with Crippen LogP contribution in [0.2, 0.25) is 0 Å². The van der Waals surface area contributed by atoms with E-state index in [0.29, 0.717) is 5.56 Å². The molecule has 1 aromatic rings. The monoisotopic (exact) mass is 163 g/mol. The Hall–Kier alpha value is -1.89. The first kappa shape index (κ1) is 8.21. The summed E-state index contributed by atoms with van der Waals surface area (Å²) in [6, 6.07) is 5.45. The molecule has 0 spiro atoms. The molecule has 0 atom stereocenters. The van der Waals surface area contributed by atoms with Crippen molar-refractivity contribution < 1.29 is 4.39 Å². The normalized spacial score (nSPS) is 10.8. The lowest BCUT2D eigenvalue weighted by molar-refractivity contribution is 0.628. The average molecular weight is 163 g/mol. The van der Waals surface area contributed by atoms with Crippen LogP contribution in [0.15, 0.2) is 29.3 Å². The zero-order valence-corrected chi connectivity index (χ0v) is 6.16. The second-order valence-corrected chi connectivity index (χ2v) is 2.10. The fraction of sp³-hybridized carbons (Fsp3) is 0. The molecule has 0 unspecified atom stereocenters. The summed E-state index contributed by atoms with van der Waals surface area (Å²) in [5, 5.41) is 8.16. The Balaban J connectivity index is 2.99. The Morgan fingerprint density at radius 3 is 2.50 bits per heavy atom. The minimum absolute atomic E-state index is 0.0949. The predicted molar refractivity (Wildman–Crippen MR) is 42.7 cm³/mol. The molecule has 60 valence electrons. The van der Waals surface area contributed by atoms with Crippen LogP contribution >= 0.6 is 0 Å². The summed E-state index contributed by atoms with van der Waals surface area (Å²) >= 11 is 0. The molecule has 0 aliphatic carbocycles. The second-order valence-electron chi connectivity index (χ2n) is 2.10. The van der Waals surface area contributed by atoms with Crippen LogP contribution < -0.4 is 5.73 Å². The molecule has 1 aromatic carbocycles. The Morgan fingerprint density at radius 1 is 1.42 bits per heavy atom. The molecule has 0 aliphatic rings. The van der Waals surface area contributed by atoms with Gasteiger partial charge in [-0.15, -0.1) is 0 Å². The molecule has 0 radical (unpaired) electrons. The molecule has 0 aliphatic heterocycles. The molecule has 0 saturated carbocycles. The fourth-order valence-corrected chi connectivity index (χ4v) is 0.739. The van der Waals surface area contributed by atoms with E-state index in [-0.39, 0.29) is 11.7 Å². The lowest BCUT2D eigenvalue weighted by Gasteiger charge is -1.96. The van der Waals surface area contributed by atoms with Crippen molar-refractivity contribution in [2.24, 2.45) is 10.7 Å². The van der Waals surface area contributed by atoms with Crippen LogP contribution in [0.25, 0.3) is 0 Å². The maximum absolute atomic E-state index is 12.4. The number of hydrogen-bond donors (Lipinski definition) is 1. The van der Waals surface area contributed by atoms with Crippen LogP contribution in [-0.2, 0) is 0 Å². The summed E-state index contributed by atoms with van der Waals surface area (Å²) < 4.78 is 12.4. The highest BCUT2D eigenvalue weighted by Gasteiger charge is 1.96. The number of aliphatic imine (C=N–C) groups is 1. The molecule has 0 heterocycles. The molecule has 0 amide bonds. The van der Waals surface area contributed by atoms with Gasteiger partial charge in [-0.2, -0.15) is 10.3 Å². The van der Waals surface area contributed by atoms with Gasteiger partial charge in [0.05, 0.1) is 0 Å². The lowest BCUT2D eigenvalue weighted by atomic mass is 10.2. The van der Waals surface area contributed by atoms with Crippen molar-refractivity contribution in [1.29, 1.82) is 5.26 Å². The zero-order chi connectivity index (χ0) is 8.97. The first-order valence-corrected chi connectivity index (χ1v) is 3.22. The number of benzene rings is 1. The summed E-state index contributed by atoms with van der Waals surface area (Å²) in [5.74, 6) is -0.249. The molecular formula is C8H6FN3. The average Bonchev–Trinajstić information content (AvgIpc) is 2.06. The third-order valence-electron chi connectivity index (χ3n) is 1.31. The van der Waals surface area contributed by atoms with Gasteiger partial charge in [0.15, 0.2) is 0 Å². The summed E-state index contributed by atoms with van der Waals surface area (Å²) in [7, 11) is 0. The van der Waals surface area contributed by atoms with Crippen molar-refractivity contribution in [1.82, 2.24) is 0 Å². The molecule has 1 rings (SSSR count). The van der Waals surface area contributed by atoms with Crippen molar-refractivity contribution in [3.05, 3.63) is 35.6 Å². The third-order valence-corrected chi connectivity index (χ3v) is 1.31. The maximum Gasteiger partial charge on any atom is 0.207 e. The summed E-state index contributed by atoms with van der Waals surface area (Å²) in [6.45, 7) is 0. The van der Waals surface area contributed by atoms with E-state index in [0.717, 1.165) is 0 Å². The number of hydrogen-bond acceptors (Lipinski definition) is 2. The summed E-state index contributed by atoms with van der Waals surface area (Å²) in [4.78, 5) is 3.30. The van der Waals surface area contributed by atoms with E-state index < -0.39 is 0 Å². The lowest BCUT2D eigenvalue weighted by Crippen LogP contribution is -2.12. The highest BCUT2D eigenvalue weighted by Crippen LogP contribution is 2.01. The molecule has 0 fully saturated rings. The van der Waals surface area contributed by atoms with Crippen LogP contribution in [-0.4, -0.2) is 5.84 Å². The van der Waals surface area contributed by atoms with Gasteiger partial charge in [0.2, 0.25) is 6.19 Å². The van der Waals surface area contributed by atoms with Crippen molar-refractivity contribution in [2.45, 2.75) is 0 Å². The van der Waals surface area contributed by atoms with Crippen molar-refractivity contribution in [3.63, 3.8) is 0 Å². The van der Waals surface area contributed by atoms with Gasteiger partial charge in [-0.05, 0) is 24.3 Å². The SMILES string of the molecule is N#CN=C(N)c1ccc(F)cc1. The van der Waals surface area contributed by atoms with Gasteiger partial charge in [-0.25, -0.2) is 4.39 Å². The van der Waals surface area contributed by atoms with Crippen molar-refractivity contribution >= 4 is 5.84 Å². The minimum Gasteiger partial charge on any atom is -0.383 e. The molecule has 12 heavy (non-hydrogen) atoms. The van der Waals surface area contributed by atoms with E-state index in [1.165, 1.54) is 24.3 Å². The van der Waals surface area contributed by atoms with Gasteiger partial charge < -0.3 is 5.73 Å². The van der Waals surface area contributed by atoms with E-state index in [1.54, 1.807) is 6.19 Å². The first-order chi connectivity index (χ1) is 5.74. The van der Waals surface area contributed by atoms with Gasteiger partial charge in [0.1, 0.15) is 11.7 Å². The maximum atomic E-state index is 12.4. The number of nitrogens with zero attached hydrogens (tertiary/aromatic N) is 2. The number of halogens is 1. The number of nitrogens with two attached hydrogens (primary N) is 1. The number of amidine groups is 1. The van der Waals surface area contributed by atoms with E-state index >= 15 is 0 Å². The van der Waals surface area contributed by atoms with E-state index in [2.05, 4.69) is 4.99 Å². The van der Waals surface area contributed by atoms with Gasteiger partial charge >= 0.3 is 0 Å². The van der Waals surface area contributed by atoms with Gasteiger partial charge in [0, 0.05) is 5.56 Å². The predicted octanol–water partition coefficient (Wildman–Crippen LogP) is 1.01. The highest BCUT2D eigenvalue weighted by molar-refractivity contribution is 5.97. The molecule has 0 aromatic heterocycles. The summed E-state index contributed by atoms with van der Waals surface area (Å²) in [5.41, 5.74) is 5.90. The van der Waals surface area contributed by atoms with Gasteiger partial charge in [-0.3, -0.25) is 0 Å². The Bertz CT molecular complexity index is 334. The molecule has 2 N–H and O–H groups in total. The topological polar surface area (TPSA) is 62.2 Å².